The van der Waals surface area contributed by atoms with Crippen molar-refractivity contribution in [2.45, 2.75) is 51.0 Å². The van der Waals surface area contributed by atoms with Gasteiger partial charge in [-0.05, 0) is 37.9 Å². The highest BCUT2D eigenvalue weighted by Gasteiger charge is 2.21. The van der Waals surface area contributed by atoms with E-state index >= 15 is 0 Å². The molecule has 2 fully saturated rings. The smallest absolute Gasteiger partial charge is 0.309 e. The van der Waals surface area contributed by atoms with Crippen molar-refractivity contribution in [3.05, 3.63) is 24.3 Å². The Balaban J connectivity index is 1.30. The summed E-state index contributed by atoms with van der Waals surface area (Å²) < 4.78 is 5.47. The number of ether oxygens (including phenoxy) is 1. The molecule has 166 valence electrons. The van der Waals surface area contributed by atoms with Gasteiger partial charge in [-0.1, -0.05) is 37.8 Å². The Labute approximate surface area is 180 Å². The van der Waals surface area contributed by atoms with Crippen molar-refractivity contribution in [2.75, 3.05) is 51.3 Å². The number of benzene rings is 1. The van der Waals surface area contributed by atoms with Crippen molar-refractivity contribution in [1.82, 2.24) is 15.5 Å². The van der Waals surface area contributed by atoms with Gasteiger partial charge in [-0.3, -0.25) is 14.5 Å². The molecule has 0 aromatic heterocycles. The van der Waals surface area contributed by atoms with E-state index in [4.69, 9.17) is 4.74 Å². The van der Waals surface area contributed by atoms with Gasteiger partial charge in [0.25, 0.3) is 0 Å². The van der Waals surface area contributed by atoms with Gasteiger partial charge in [-0.25, -0.2) is 0 Å². The number of methoxy groups -OCH3 is 1. The molecule has 0 spiro atoms. The van der Waals surface area contributed by atoms with Crippen molar-refractivity contribution in [2.24, 2.45) is 0 Å². The number of hydrogen-bond donors (Lipinski definition) is 2. The number of anilines is 1. The van der Waals surface area contributed by atoms with Gasteiger partial charge < -0.3 is 20.3 Å². The lowest BCUT2D eigenvalue weighted by molar-refractivity contribution is -0.139. The van der Waals surface area contributed by atoms with Gasteiger partial charge in [0.15, 0.2) is 0 Å². The molecule has 1 aromatic carbocycles. The molecular formula is C23H36N4O3. The average molecular weight is 417 g/mol. The van der Waals surface area contributed by atoms with Crippen LogP contribution in [0.1, 0.15) is 44.9 Å². The predicted octanol–water partition coefficient (Wildman–Crippen LogP) is 2.16. The molecular weight excluding hydrogens is 380 g/mol. The number of para-hydroxylation sites is 2. The Morgan fingerprint density at radius 1 is 1.00 bits per heavy atom. The Bertz CT molecular complexity index is 681. The molecule has 1 aliphatic carbocycles. The fourth-order valence-corrected chi connectivity index (χ4v) is 4.36. The first kappa shape index (κ1) is 22.4. The third-order valence-corrected chi connectivity index (χ3v) is 6.13. The lowest BCUT2D eigenvalue weighted by Crippen LogP contribution is -2.47. The molecule has 1 aromatic rings. The minimum Gasteiger partial charge on any atom is -0.495 e. The van der Waals surface area contributed by atoms with Crippen molar-refractivity contribution in [1.29, 1.82) is 0 Å². The van der Waals surface area contributed by atoms with E-state index in [9.17, 15) is 9.59 Å². The van der Waals surface area contributed by atoms with Crippen LogP contribution < -0.4 is 20.3 Å². The first-order chi connectivity index (χ1) is 14.7. The average Bonchev–Trinajstić information content (AvgIpc) is 3.05. The Morgan fingerprint density at radius 2 is 1.70 bits per heavy atom. The minimum absolute atomic E-state index is 0.158. The van der Waals surface area contributed by atoms with Crippen LogP contribution in [0.3, 0.4) is 0 Å². The number of amides is 2. The summed E-state index contributed by atoms with van der Waals surface area (Å²) in [6.07, 6.45) is 7.54. The molecule has 0 radical (unpaired) electrons. The normalized spacial score (nSPS) is 18.5. The standard InChI is InChI=1S/C23H36N4O3/c1-30-21-12-7-6-11-20(21)27-17-15-26(16-18-27)14-8-13-24-22(28)23(29)25-19-9-4-2-3-5-10-19/h6-7,11-12,19H,2-5,8-10,13-18H2,1H3,(H,24,28)(H,25,29). The quantitative estimate of drug-likeness (QED) is 0.405. The molecule has 2 N–H and O–H groups in total. The lowest BCUT2D eigenvalue weighted by Gasteiger charge is -2.36. The van der Waals surface area contributed by atoms with E-state index in [1.54, 1.807) is 7.11 Å². The van der Waals surface area contributed by atoms with Crippen LogP contribution in [0.4, 0.5) is 5.69 Å². The van der Waals surface area contributed by atoms with Crippen LogP contribution in [0.15, 0.2) is 24.3 Å². The molecule has 1 heterocycles. The second-order valence-corrected chi connectivity index (χ2v) is 8.27. The Hall–Kier alpha value is -2.28. The van der Waals surface area contributed by atoms with Crippen molar-refractivity contribution in [3.8, 4) is 5.75 Å². The highest BCUT2D eigenvalue weighted by molar-refractivity contribution is 6.35. The number of carbonyl (C=O) groups is 2. The van der Waals surface area contributed by atoms with Gasteiger partial charge >= 0.3 is 11.8 Å². The van der Waals surface area contributed by atoms with E-state index in [-0.39, 0.29) is 6.04 Å². The maximum absolute atomic E-state index is 12.1. The maximum atomic E-state index is 12.1. The third-order valence-electron chi connectivity index (χ3n) is 6.13. The van der Waals surface area contributed by atoms with Crippen molar-refractivity contribution in [3.63, 3.8) is 0 Å². The van der Waals surface area contributed by atoms with Crippen LogP contribution in [0.5, 0.6) is 5.75 Å². The summed E-state index contributed by atoms with van der Waals surface area (Å²) in [5.74, 6) is -0.0663. The highest BCUT2D eigenvalue weighted by Crippen LogP contribution is 2.28. The first-order valence-corrected chi connectivity index (χ1v) is 11.4. The second kappa shape index (κ2) is 11.8. The summed E-state index contributed by atoms with van der Waals surface area (Å²) in [6.45, 7) is 5.32. The lowest BCUT2D eigenvalue weighted by atomic mass is 10.1. The number of rotatable bonds is 7. The first-order valence-electron chi connectivity index (χ1n) is 11.4. The van der Waals surface area contributed by atoms with E-state index in [0.29, 0.717) is 6.54 Å². The number of nitrogens with one attached hydrogen (secondary N) is 2. The van der Waals surface area contributed by atoms with Gasteiger partial charge in [0.05, 0.1) is 12.8 Å². The second-order valence-electron chi connectivity index (χ2n) is 8.27. The predicted molar refractivity (Wildman–Crippen MR) is 119 cm³/mol. The van der Waals surface area contributed by atoms with E-state index in [0.717, 1.165) is 76.3 Å². The molecule has 0 unspecified atom stereocenters. The van der Waals surface area contributed by atoms with Crippen molar-refractivity contribution < 1.29 is 14.3 Å². The Kier molecular flexibility index (Phi) is 8.81. The molecule has 2 amide bonds. The summed E-state index contributed by atoms with van der Waals surface area (Å²) >= 11 is 0. The fourth-order valence-electron chi connectivity index (χ4n) is 4.36. The summed E-state index contributed by atoms with van der Waals surface area (Å²) in [6, 6.07) is 8.29. The fraction of sp³-hybridized carbons (Fsp3) is 0.652. The van der Waals surface area contributed by atoms with Crippen LogP contribution in [-0.4, -0.2) is 69.1 Å². The zero-order chi connectivity index (χ0) is 21.2. The summed E-state index contributed by atoms with van der Waals surface area (Å²) in [7, 11) is 1.71. The van der Waals surface area contributed by atoms with Crippen LogP contribution in [0.25, 0.3) is 0 Å². The van der Waals surface area contributed by atoms with E-state index in [1.165, 1.54) is 12.8 Å². The van der Waals surface area contributed by atoms with Gasteiger partial charge in [0.1, 0.15) is 5.75 Å². The summed E-state index contributed by atoms with van der Waals surface area (Å²) in [4.78, 5) is 28.9. The largest absolute Gasteiger partial charge is 0.495 e. The van der Waals surface area contributed by atoms with Gasteiger partial charge in [0.2, 0.25) is 0 Å². The van der Waals surface area contributed by atoms with Crippen LogP contribution in [0, 0.1) is 0 Å². The van der Waals surface area contributed by atoms with Crippen LogP contribution >= 0.6 is 0 Å². The van der Waals surface area contributed by atoms with E-state index in [2.05, 4.69) is 26.5 Å². The zero-order valence-electron chi connectivity index (χ0n) is 18.2. The zero-order valence-corrected chi connectivity index (χ0v) is 18.2. The molecule has 0 bridgehead atoms. The molecule has 1 saturated heterocycles. The van der Waals surface area contributed by atoms with Crippen LogP contribution in [-0.2, 0) is 9.59 Å². The molecule has 3 rings (SSSR count). The van der Waals surface area contributed by atoms with Gasteiger partial charge in [-0.15, -0.1) is 0 Å². The number of hydrogen-bond acceptors (Lipinski definition) is 5. The SMILES string of the molecule is COc1ccccc1N1CCN(CCCNC(=O)C(=O)NC2CCCCCC2)CC1. The Morgan fingerprint density at radius 3 is 2.40 bits per heavy atom. The molecule has 0 atom stereocenters. The molecule has 1 aliphatic heterocycles. The molecule has 30 heavy (non-hydrogen) atoms. The molecule has 7 nitrogen and oxygen atoms in total. The molecule has 7 heteroatoms. The summed E-state index contributed by atoms with van der Waals surface area (Å²) in [5, 5.41) is 5.67. The topological polar surface area (TPSA) is 73.9 Å². The minimum atomic E-state index is -0.500. The monoisotopic (exact) mass is 416 g/mol. The highest BCUT2D eigenvalue weighted by atomic mass is 16.5. The van der Waals surface area contributed by atoms with Crippen molar-refractivity contribution >= 4 is 17.5 Å². The molecule has 2 aliphatic rings. The van der Waals surface area contributed by atoms with E-state index in [1.807, 2.05) is 18.2 Å². The third kappa shape index (κ3) is 6.62. The van der Waals surface area contributed by atoms with Gasteiger partial charge in [0, 0.05) is 38.8 Å². The number of nitrogens with zero attached hydrogens (tertiary/aromatic N) is 2. The van der Waals surface area contributed by atoms with Gasteiger partial charge in [-0.2, -0.15) is 0 Å². The molecule has 1 saturated carbocycles. The number of carbonyl (C=O) groups excluding carboxylic acids is 2. The summed E-state index contributed by atoms with van der Waals surface area (Å²) in [5.41, 5.74) is 1.14. The van der Waals surface area contributed by atoms with Crippen LogP contribution in [0.2, 0.25) is 0 Å². The number of piperazine rings is 1. The maximum Gasteiger partial charge on any atom is 0.309 e. The van der Waals surface area contributed by atoms with E-state index < -0.39 is 11.8 Å².